The van der Waals surface area contributed by atoms with Crippen molar-refractivity contribution in [1.29, 1.82) is 0 Å². The Hall–Kier alpha value is -1.55. The number of β-amino-alcohol motifs (C(OH)–C–C–N with tert-alkyl or cyclic N) is 1. The number of carboxylic acid groups (broad SMARTS) is 1. The summed E-state index contributed by atoms with van der Waals surface area (Å²) in [6.45, 7) is 5.57. The number of rotatable bonds is 4. The quantitative estimate of drug-likeness (QED) is 0.863. The molecule has 1 atom stereocenters. The van der Waals surface area contributed by atoms with Gasteiger partial charge >= 0.3 is 6.09 Å². The summed E-state index contributed by atoms with van der Waals surface area (Å²) in [5.74, 6) is 0. The smallest absolute Gasteiger partial charge is 0.407 e. The minimum absolute atomic E-state index is 0.119. The van der Waals surface area contributed by atoms with Crippen molar-refractivity contribution in [2.75, 3.05) is 6.54 Å². The van der Waals surface area contributed by atoms with Gasteiger partial charge in [-0.25, -0.2) is 4.79 Å². The van der Waals surface area contributed by atoms with E-state index in [-0.39, 0.29) is 6.54 Å². The summed E-state index contributed by atoms with van der Waals surface area (Å²) in [7, 11) is 0. The monoisotopic (exact) mass is 251 g/mol. The number of amides is 1. The highest BCUT2D eigenvalue weighted by molar-refractivity contribution is 5.66. The Morgan fingerprint density at radius 1 is 1.28 bits per heavy atom. The van der Waals surface area contributed by atoms with Crippen LogP contribution in [0.2, 0.25) is 0 Å². The molecule has 18 heavy (non-hydrogen) atoms. The molecule has 1 unspecified atom stereocenters. The first-order valence-corrected chi connectivity index (χ1v) is 6.03. The molecule has 0 bridgehead atoms. The summed E-state index contributed by atoms with van der Waals surface area (Å²) >= 11 is 0. The van der Waals surface area contributed by atoms with Crippen molar-refractivity contribution in [3.05, 3.63) is 35.9 Å². The minimum atomic E-state index is -1.00. The Kier molecular flexibility index (Phi) is 4.73. The topological polar surface area (TPSA) is 60.8 Å². The van der Waals surface area contributed by atoms with Crippen molar-refractivity contribution >= 4 is 6.09 Å². The van der Waals surface area contributed by atoms with Crippen LogP contribution < -0.4 is 0 Å². The molecule has 0 saturated heterocycles. The van der Waals surface area contributed by atoms with Crippen LogP contribution in [0.5, 0.6) is 0 Å². The molecule has 4 heteroatoms. The molecule has 0 spiro atoms. The maximum Gasteiger partial charge on any atom is 0.407 e. The zero-order valence-electron chi connectivity index (χ0n) is 11.1. The van der Waals surface area contributed by atoms with E-state index in [1.807, 2.05) is 51.1 Å². The van der Waals surface area contributed by atoms with Crippen LogP contribution in [0.3, 0.4) is 0 Å². The second-order valence-electron chi connectivity index (χ2n) is 5.41. The maximum absolute atomic E-state index is 11.1. The molecule has 0 aliphatic carbocycles. The summed E-state index contributed by atoms with van der Waals surface area (Å²) in [4.78, 5) is 12.4. The van der Waals surface area contributed by atoms with Gasteiger partial charge in [0.1, 0.15) is 0 Å². The first-order chi connectivity index (χ1) is 8.30. The SMILES string of the molecule is CC(C)(C)N(CC(O)Cc1ccccc1)C(=O)O. The van der Waals surface area contributed by atoms with Gasteiger partial charge < -0.3 is 15.1 Å². The highest BCUT2D eigenvalue weighted by Gasteiger charge is 2.27. The van der Waals surface area contributed by atoms with Crippen LogP contribution in [0.1, 0.15) is 26.3 Å². The Bertz CT molecular complexity index is 384. The van der Waals surface area contributed by atoms with Gasteiger partial charge in [0.15, 0.2) is 0 Å². The lowest BCUT2D eigenvalue weighted by molar-refractivity contribution is 0.0560. The van der Waals surface area contributed by atoms with Gasteiger partial charge in [-0.2, -0.15) is 0 Å². The molecule has 1 rings (SSSR count). The van der Waals surface area contributed by atoms with E-state index < -0.39 is 17.7 Å². The number of benzene rings is 1. The van der Waals surface area contributed by atoms with E-state index in [4.69, 9.17) is 5.11 Å². The van der Waals surface area contributed by atoms with Crippen molar-refractivity contribution in [3.8, 4) is 0 Å². The number of nitrogens with zero attached hydrogens (tertiary/aromatic N) is 1. The Morgan fingerprint density at radius 3 is 2.28 bits per heavy atom. The van der Waals surface area contributed by atoms with Crippen LogP contribution in [0.15, 0.2) is 30.3 Å². The van der Waals surface area contributed by atoms with Crippen molar-refractivity contribution in [1.82, 2.24) is 4.90 Å². The Balaban J connectivity index is 2.63. The molecular formula is C14H21NO3. The number of hydrogen-bond donors (Lipinski definition) is 2. The van der Waals surface area contributed by atoms with Crippen molar-refractivity contribution in [2.24, 2.45) is 0 Å². The van der Waals surface area contributed by atoms with Crippen molar-refractivity contribution < 1.29 is 15.0 Å². The second-order valence-corrected chi connectivity index (χ2v) is 5.41. The van der Waals surface area contributed by atoms with Gasteiger partial charge in [-0.05, 0) is 26.3 Å². The van der Waals surface area contributed by atoms with Crippen molar-refractivity contribution in [2.45, 2.75) is 38.8 Å². The van der Waals surface area contributed by atoms with Crippen LogP contribution in [0, 0.1) is 0 Å². The van der Waals surface area contributed by atoms with E-state index in [2.05, 4.69) is 0 Å². The van der Waals surface area contributed by atoms with Gasteiger partial charge in [0.25, 0.3) is 0 Å². The van der Waals surface area contributed by atoms with Gasteiger partial charge in [-0.1, -0.05) is 30.3 Å². The Labute approximate surface area is 108 Å². The van der Waals surface area contributed by atoms with Crippen LogP contribution in [0.4, 0.5) is 4.79 Å². The molecule has 4 nitrogen and oxygen atoms in total. The third kappa shape index (κ3) is 4.37. The predicted octanol–water partition coefficient (Wildman–Crippen LogP) is 2.37. The molecule has 100 valence electrons. The van der Waals surface area contributed by atoms with Crippen LogP contribution in [-0.4, -0.2) is 39.4 Å². The summed E-state index contributed by atoms with van der Waals surface area (Å²) in [6.07, 6.45) is -1.24. The fraction of sp³-hybridized carbons (Fsp3) is 0.500. The van der Waals surface area contributed by atoms with Gasteiger partial charge in [0.05, 0.1) is 12.6 Å². The van der Waals surface area contributed by atoms with Gasteiger partial charge in [0, 0.05) is 12.0 Å². The number of hydrogen-bond acceptors (Lipinski definition) is 2. The summed E-state index contributed by atoms with van der Waals surface area (Å²) in [5.41, 5.74) is 0.494. The highest BCUT2D eigenvalue weighted by Crippen LogP contribution is 2.15. The van der Waals surface area contributed by atoms with E-state index in [1.54, 1.807) is 0 Å². The third-order valence-electron chi connectivity index (χ3n) is 2.75. The van der Waals surface area contributed by atoms with E-state index in [9.17, 15) is 9.90 Å². The number of aliphatic hydroxyl groups is 1. The molecule has 0 fully saturated rings. The molecule has 0 aliphatic rings. The molecular weight excluding hydrogens is 230 g/mol. The van der Waals surface area contributed by atoms with Gasteiger partial charge in [-0.15, -0.1) is 0 Å². The van der Waals surface area contributed by atoms with E-state index in [1.165, 1.54) is 4.90 Å². The van der Waals surface area contributed by atoms with E-state index in [0.29, 0.717) is 6.42 Å². The molecule has 0 heterocycles. The minimum Gasteiger partial charge on any atom is -0.465 e. The zero-order chi connectivity index (χ0) is 13.8. The fourth-order valence-corrected chi connectivity index (χ4v) is 1.80. The molecule has 0 aromatic heterocycles. The first-order valence-electron chi connectivity index (χ1n) is 6.03. The number of carbonyl (C=O) groups is 1. The average molecular weight is 251 g/mol. The predicted molar refractivity (Wildman–Crippen MR) is 70.6 cm³/mol. The van der Waals surface area contributed by atoms with E-state index >= 15 is 0 Å². The molecule has 0 radical (unpaired) electrons. The molecule has 1 aromatic rings. The fourth-order valence-electron chi connectivity index (χ4n) is 1.80. The largest absolute Gasteiger partial charge is 0.465 e. The molecule has 0 aliphatic heterocycles. The molecule has 1 aromatic carbocycles. The Morgan fingerprint density at radius 2 is 1.83 bits per heavy atom. The summed E-state index contributed by atoms with van der Waals surface area (Å²) in [6, 6.07) is 9.56. The average Bonchev–Trinajstić information content (AvgIpc) is 2.25. The van der Waals surface area contributed by atoms with Crippen LogP contribution in [-0.2, 0) is 6.42 Å². The lowest BCUT2D eigenvalue weighted by atomic mass is 10.0. The second kappa shape index (κ2) is 5.87. The highest BCUT2D eigenvalue weighted by atomic mass is 16.4. The van der Waals surface area contributed by atoms with Gasteiger partial charge in [0.2, 0.25) is 0 Å². The van der Waals surface area contributed by atoms with Crippen molar-refractivity contribution in [3.63, 3.8) is 0 Å². The molecule has 2 N–H and O–H groups in total. The van der Waals surface area contributed by atoms with E-state index in [0.717, 1.165) is 5.56 Å². The standard InChI is InChI=1S/C14H21NO3/c1-14(2,3)15(13(17)18)10-12(16)9-11-7-5-4-6-8-11/h4-8,12,16H,9-10H2,1-3H3,(H,17,18). The van der Waals surface area contributed by atoms with Crippen LogP contribution >= 0.6 is 0 Å². The third-order valence-corrected chi connectivity index (χ3v) is 2.75. The van der Waals surface area contributed by atoms with Crippen LogP contribution in [0.25, 0.3) is 0 Å². The summed E-state index contributed by atoms with van der Waals surface area (Å²) < 4.78 is 0. The maximum atomic E-state index is 11.1. The number of aliphatic hydroxyl groups excluding tert-OH is 1. The molecule has 1 amide bonds. The lowest BCUT2D eigenvalue weighted by Crippen LogP contribution is -2.48. The normalized spacial score (nSPS) is 13.1. The first kappa shape index (κ1) is 14.5. The summed E-state index contributed by atoms with van der Waals surface area (Å²) in [5, 5.41) is 19.1. The molecule has 0 saturated carbocycles. The van der Waals surface area contributed by atoms with Gasteiger partial charge in [-0.3, -0.25) is 0 Å². The lowest BCUT2D eigenvalue weighted by Gasteiger charge is -2.34. The zero-order valence-corrected chi connectivity index (χ0v) is 11.1.